The molecule has 1 nitrogen and oxygen atoms in total. The molecule has 16 heavy (non-hydrogen) atoms. The molecule has 0 saturated heterocycles. The second-order valence-corrected chi connectivity index (χ2v) is 3.46. The van der Waals surface area contributed by atoms with E-state index in [2.05, 4.69) is 0 Å². The fraction of sp³-hybridized carbons (Fsp3) is 1.00. The van der Waals surface area contributed by atoms with Crippen LogP contribution in [0.4, 0.5) is 35.1 Å². The Bertz CT molecular complexity index is 250. The van der Waals surface area contributed by atoms with Gasteiger partial charge in [0.15, 0.2) is 0 Å². The summed E-state index contributed by atoms with van der Waals surface area (Å²) in [6, 6.07) is 0. The topological polar surface area (TPSA) is 20.2 Å². The first kappa shape index (κ1) is 15.4. The molecule has 0 heterocycles. The lowest BCUT2D eigenvalue weighted by Gasteiger charge is -2.38. The number of rotatable bonds is 2. The first-order chi connectivity index (χ1) is 6.65. The van der Waals surface area contributed by atoms with Gasteiger partial charge in [-0.3, -0.25) is 0 Å². The van der Waals surface area contributed by atoms with E-state index in [-0.39, 0.29) is 6.92 Å². The smallest absolute Gasteiger partial charge is 0.376 e. The Morgan fingerprint density at radius 1 is 0.875 bits per heavy atom. The van der Waals surface area contributed by atoms with Crippen molar-refractivity contribution < 1.29 is 40.2 Å². The van der Waals surface area contributed by atoms with E-state index in [9.17, 15) is 35.1 Å². The summed E-state index contributed by atoms with van der Waals surface area (Å²) < 4.78 is 97.4. The standard InChI is InChI=1S/C7H8F8O/c1-3(6(10,11)12)5(8,9)4(2,16)7(13,14)15/h3,16H,1-2H3. The molecule has 0 aliphatic carbocycles. The fourth-order valence-corrected chi connectivity index (χ4v) is 0.816. The lowest BCUT2D eigenvalue weighted by Crippen LogP contribution is -2.61. The molecule has 9 heteroatoms. The molecule has 0 radical (unpaired) electrons. The number of hydrogen-bond donors (Lipinski definition) is 1. The first-order valence-electron chi connectivity index (χ1n) is 3.89. The molecule has 0 aromatic heterocycles. The third-order valence-corrected chi connectivity index (χ3v) is 2.24. The maximum atomic E-state index is 12.9. The van der Waals surface area contributed by atoms with E-state index in [1.54, 1.807) is 0 Å². The molecule has 0 aliphatic rings. The van der Waals surface area contributed by atoms with Gasteiger partial charge in [0.1, 0.15) is 5.92 Å². The molecule has 0 spiro atoms. The van der Waals surface area contributed by atoms with Crippen molar-refractivity contribution >= 4 is 0 Å². The summed E-state index contributed by atoms with van der Waals surface area (Å²) in [5, 5.41) is 8.54. The zero-order valence-electron chi connectivity index (χ0n) is 8.05. The summed E-state index contributed by atoms with van der Waals surface area (Å²) in [6.45, 7) is -0.518. The molecule has 0 rings (SSSR count). The van der Waals surface area contributed by atoms with E-state index in [1.165, 1.54) is 0 Å². The monoisotopic (exact) mass is 260 g/mol. The van der Waals surface area contributed by atoms with Crippen LogP contribution in [-0.4, -0.2) is 29.0 Å². The van der Waals surface area contributed by atoms with E-state index in [1.807, 2.05) is 0 Å². The van der Waals surface area contributed by atoms with Gasteiger partial charge in [-0.05, 0) is 13.8 Å². The Morgan fingerprint density at radius 3 is 1.38 bits per heavy atom. The molecule has 0 aromatic carbocycles. The summed E-state index contributed by atoms with van der Waals surface area (Å²) in [7, 11) is 0. The van der Waals surface area contributed by atoms with E-state index in [4.69, 9.17) is 5.11 Å². The maximum absolute atomic E-state index is 12.9. The highest BCUT2D eigenvalue weighted by molar-refractivity contribution is 4.99. The second kappa shape index (κ2) is 3.71. The predicted molar refractivity (Wildman–Crippen MR) is 36.8 cm³/mol. The van der Waals surface area contributed by atoms with Crippen LogP contribution < -0.4 is 0 Å². The van der Waals surface area contributed by atoms with E-state index in [0.717, 1.165) is 0 Å². The minimum atomic E-state index is -5.87. The minimum Gasteiger partial charge on any atom is -0.376 e. The van der Waals surface area contributed by atoms with Crippen LogP contribution >= 0.6 is 0 Å². The van der Waals surface area contributed by atoms with Crippen LogP contribution in [0.25, 0.3) is 0 Å². The third-order valence-electron chi connectivity index (χ3n) is 2.24. The normalized spacial score (nSPS) is 20.4. The molecule has 2 unspecified atom stereocenters. The van der Waals surface area contributed by atoms with Crippen molar-refractivity contribution in [2.24, 2.45) is 5.92 Å². The molecule has 0 amide bonds. The maximum Gasteiger partial charge on any atom is 0.422 e. The highest BCUT2D eigenvalue weighted by atomic mass is 19.4. The van der Waals surface area contributed by atoms with Crippen molar-refractivity contribution in [2.45, 2.75) is 37.7 Å². The fourth-order valence-electron chi connectivity index (χ4n) is 0.816. The van der Waals surface area contributed by atoms with Crippen molar-refractivity contribution in [2.75, 3.05) is 0 Å². The molecule has 0 aromatic rings. The van der Waals surface area contributed by atoms with E-state index in [0.29, 0.717) is 0 Å². The van der Waals surface area contributed by atoms with E-state index >= 15 is 0 Å². The van der Waals surface area contributed by atoms with Crippen LogP contribution in [0.2, 0.25) is 0 Å². The Kier molecular flexibility index (Phi) is 3.57. The third kappa shape index (κ3) is 2.38. The van der Waals surface area contributed by atoms with Gasteiger partial charge in [-0.1, -0.05) is 0 Å². The van der Waals surface area contributed by atoms with Gasteiger partial charge in [-0.15, -0.1) is 0 Å². The van der Waals surface area contributed by atoms with Gasteiger partial charge in [0.25, 0.3) is 5.92 Å². The SMILES string of the molecule is CC(C(F)(F)F)C(F)(F)C(C)(O)C(F)(F)F. The molecule has 0 fully saturated rings. The number of aliphatic hydroxyl groups is 1. The highest BCUT2D eigenvalue weighted by Gasteiger charge is 2.71. The van der Waals surface area contributed by atoms with Crippen LogP contribution in [0.5, 0.6) is 0 Å². The van der Waals surface area contributed by atoms with Gasteiger partial charge < -0.3 is 5.11 Å². The van der Waals surface area contributed by atoms with Gasteiger partial charge in [0.05, 0.1) is 0 Å². The van der Waals surface area contributed by atoms with Crippen molar-refractivity contribution in [1.29, 1.82) is 0 Å². The molecule has 0 aliphatic heterocycles. The average molecular weight is 260 g/mol. The van der Waals surface area contributed by atoms with Crippen molar-refractivity contribution in [3.8, 4) is 0 Å². The largest absolute Gasteiger partial charge is 0.422 e. The van der Waals surface area contributed by atoms with Crippen LogP contribution in [0, 0.1) is 5.92 Å². The number of alkyl halides is 8. The second-order valence-electron chi connectivity index (χ2n) is 3.46. The summed E-state index contributed by atoms with van der Waals surface area (Å²) in [5.74, 6) is -8.99. The van der Waals surface area contributed by atoms with Gasteiger partial charge in [0.2, 0.25) is 5.60 Å². The average Bonchev–Trinajstić information content (AvgIpc) is 1.98. The molecular weight excluding hydrogens is 252 g/mol. The van der Waals surface area contributed by atoms with Crippen molar-refractivity contribution in [1.82, 2.24) is 0 Å². The first-order valence-corrected chi connectivity index (χ1v) is 3.89. The van der Waals surface area contributed by atoms with Crippen LogP contribution in [0.15, 0.2) is 0 Å². The van der Waals surface area contributed by atoms with Crippen LogP contribution in [-0.2, 0) is 0 Å². The van der Waals surface area contributed by atoms with Crippen molar-refractivity contribution in [3.05, 3.63) is 0 Å². The summed E-state index contributed by atoms with van der Waals surface area (Å²) in [6.07, 6.45) is -11.4. The van der Waals surface area contributed by atoms with E-state index < -0.39 is 36.7 Å². The van der Waals surface area contributed by atoms with Crippen LogP contribution in [0.3, 0.4) is 0 Å². The molecule has 0 bridgehead atoms. The number of halogens is 8. The highest BCUT2D eigenvalue weighted by Crippen LogP contribution is 2.49. The van der Waals surface area contributed by atoms with Crippen LogP contribution in [0.1, 0.15) is 13.8 Å². The lowest BCUT2D eigenvalue weighted by atomic mass is 9.87. The number of hydrogen-bond acceptors (Lipinski definition) is 1. The Hall–Kier alpha value is -0.600. The molecular formula is C7H8F8O. The Morgan fingerprint density at radius 2 is 1.19 bits per heavy atom. The zero-order chi connectivity index (χ0) is 13.6. The summed E-state index contributed by atoms with van der Waals surface area (Å²) in [4.78, 5) is 0. The predicted octanol–water partition coefficient (Wildman–Crippen LogP) is 3.13. The lowest BCUT2D eigenvalue weighted by molar-refractivity contribution is -0.359. The van der Waals surface area contributed by atoms with Gasteiger partial charge in [0, 0.05) is 0 Å². The van der Waals surface area contributed by atoms with Crippen molar-refractivity contribution in [3.63, 3.8) is 0 Å². The van der Waals surface area contributed by atoms with Gasteiger partial charge >= 0.3 is 12.4 Å². The van der Waals surface area contributed by atoms with Gasteiger partial charge in [-0.25, -0.2) is 8.78 Å². The summed E-state index contributed by atoms with van der Waals surface area (Å²) >= 11 is 0. The molecule has 1 N–H and O–H groups in total. The Labute approximate surface area is 85.0 Å². The molecule has 98 valence electrons. The molecule has 2 atom stereocenters. The Balaban J connectivity index is 5.37. The molecule has 0 saturated carbocycles. The van der Waals surface area contributed by atoms with Gasteiger partial charge in [-0.2, -0.15) is 26.3 Å². The summed E-state index contributed by atoms with van der Waals surface area (Å²) in [5.41, 5.74) is -4.74. The zero-order valence-corrected chi connectivity index (χ0v) is 8.05. The minimum absolute atomic E-state index is 0.125. The quantitative estimate of drug-likeness (QED) is 0.756.